The minimum absolute atomic E-state index is 0.562. The highest BCUT2D eigenvalue weighted by molar-refractivity contribution is 7.99. The SMILES string of the molecule is N#Cc1cc2c(nc1SCC1(O)CCCCC1)CCCC2. The Morgan fingerprint density at radius 1 is 1.19 bits per heavy atom. The second-order valence-electron chi connectivity index (χ2n) is 6.34. The number of aliphatic hydroxyl groups is 1. The van der Waals surface area contributed by atoms with E-state index < -0.39 is 5.60 Å². The molecule has 0 spiro atoms. The van der Waals surface area contributed by atoms with E-state index in [1.54, 1.807) is 11.8 Å². The first-order chi connectivity index (χ1) is 10.2. The monoisotopic (exact) mass is 302 g/mol. The number of fused-ring (bicyclic) bond motifs is 1. The third-order valence-corrected chi connectivity index (χ3v) is 5.91. The normalized spacial score (nSPS) is 20.6. The van der Waals surface area contributed by atoms with Gasteiger partial charge in [0.15, 0.2) is 0 Å². The maximum atomic E-state index is 10.6. The number of thioether (sulfide) groups is 1. The maximum absolute atomic E-state index is 10.6. The zero-order valence-corrected chi connectivity index (χ0v) is 13.2. The number of aromatic nitrogens is 1. The molecular weight excluding hydrogens is 280 g/mol. The van der Waals surface area contributed by atoms with E-state index in [9.17, 15) is 10.4 Å². The van der Waals surface area contributed by atoms with Gasteiger partial charge in [0, 0.05) is 11.4 Å². The molecule has 112 valence electrons. The quantitative estimate of drug-likeness (QED) is 0.866. The van der Waals surface area contributed by atoms with E-state index in [4.69, 9.17) is 4.98 Å². The number of nitrogens with zero attached hydrogens (tertiary/aromatic N) is 2. The van der Waals surface area contributed by atoms with Crippen molar-refractivity contribution in [2.75, 3.05) is 5.75 Å². The maximum Gasteiger partial charge on any atom is 0.114 e. The van der Waals surface area contributed by atoms with E-state index >= 15 is 0 Å². The number of hydrogen-bond donors (Lipinski definition) is 1. The lowest BCUT2D eigenvalue weighted by molar-refractivity contribution is 0.0272. The molecule has 0 unspecified atom stereocenters. The van der Waals surface area contributed by atoms with Crippen molar-refractivity contribution in [1.29, 1.82) is 5.26 Å². The Morgan fingerprint density at radius 3 is 2.71 bits per heavy atom. The molecule has 0 aliphatic heterocycles. The van der Waals surface area contributed by atoms with Gasteiger partial charge in [0.25, 0.3) is 0 Å². The van der Waals surface area contributed by atoms with Crippen molar-refractivity contribution < 1.29 is 5.11 Å². The van der Waals surface area contributed by atoms with Crippen LogP contribution in [0.3, 0.4) is 0 Å². The molecule has 1 heterocycles. The molecule has 3 nitrogen and oxygen atoms in total. The van der Waals surface area contributed by atoms with Crippen LogP contribution < -0.4 is 0 Å². The molecule has 1 fully saturated rings. The fourth-order valence-corrected chi connectivity index (χ4v) is 4.49. The van der Waals surface area contributed by atoms with Crippen LogP contribution in [0.2, 0.25) is 0 Å². The molecule has 1 N–H and O–H groups in total. The van der Waals surface area contributed by atoms with E-state index in [1.807, 2.05) is 6.07 Å². The average molecular weight is 302 g/mol. The molecule has 0 aromatic carbocycles. The Labute approximate surface area is 130 Å². The van der Waals surface area contributed by atoms with Gasteiger partial charge in [-0.1, -0.05) is 19.3 Å². The van der Waals surface area contributed by atoms with Crippen molar-refractivity contribution in [3.63, 3.8) is 0 Å². The van der Waals surface area contributed by atoms with E-state index in [-0.39, 0.29) is 0 Å². The number of hydrogen-bond acceptors (Lipinski definition) is 4. The highest BCUT2D eigenvalue weighted by atomic mass is 32.2. The molecule has 3 rings (SSSR count). The predicted molar refractivity (Wildman–Crippen MR) is 84.4 cm³/mol. The van der Waals surface area contributed by atoms with Crippen molar-refractivity contribution in [3.05, 3.63) is 22.9 Å². The second kappa shape index (κ2) is 6.37. The minimum Gasteiger partial charge on any atom is -0.389 e. The van der Waals surface area contributed by atoms with Crippen LogP contribution in [-0.2, 0) is 12.8 Å². The fraction of sp³-hybridized carbons (Fsp3) is 0.647. The van der Waals surface area contributed by atoms with Crippen LogP contribution in [0.25, 0.3) is 0 Å². The van der Waals surface area contributed by atoms with Gasteiger partial charge in [0.05, 0.1) is 11.2 Å². The van der Waals surface area contributed by atoms with E-state index in [0.29, 0.717) is 11.3 Å². The number of nitriles is 1. The lowest BCUT2D eigenvalue weighted by atomic mass is 9.86. The van der Waals surface area contributed by atoms with Gasteiger partial charge < -0.3 is 5.11 Å². The number of aryl methyl sites for hydroxylation is 2. The topological polar surface area (TPSA) is 56.9 Å². The molecule has 21 heavy (non-hydrogen) atoms. The second-order valence-corrected chi connectivity index (χ2v) is 7.30. The molecule has 2 aliphatic rings. The summed E-state index contributed by atoms with van der Waals surface area (Å²) in [6.07, 6.45) is 9.68. The van der Waals surface area contributed by atoms with Crippen LogP contribution in [0.1, 0.15) is 61.8 Å². The Morgan fingerprint density at radius 2 is 1.95 bits per heavy atom. The summed E-state index contributed by atoms with van der Waals surface area (Å²) in [7, 11) is 0. The Bertz CT molecular complexity index is 559. The highest BCUT2D eigenvalue weighted by Crippen LogP contribution is 2.35. The predicted octanol–water partition coefficient (Wildman–Crippen LogP) is 3.62. The summed E-state index contributed by atoms with van der Waals surface area (Å²) in [6, 6.07) is 4.30. The van der Waals surface area contributed by atoms with Crippen LogP contribution in [0, 0.1) is 11.3 Å². The summed E-state index contributed by atoms with van der Waals surface area (Å²) in [5, 5.41) is 20.8. The van der Waals surface area contributed by atoms with E-state index in [0.717, 1.165) is 43.6 Å². The Kier molecular flexibility index (Phi) is 4.51. The first kappa shape index (κ1) is 14.9. The van der Waals surface area contributed by atoms with Gasteiger partial charge >= 0.3 is 0 Å². The Hall–Kier alpha value is -1.05. The summed E-state index contributed by atoms with van der Waals surface area (Å²) in [4.78, 5) is 4.73. The average Bonchev–Trinajstić information content (AvgIpc) is 2.53. The first-order valence-electron chi connectivity index (χ1n) is 7.98. The van der Waals surface area contributed by atoms with Crippen LogP contribution in [0.15, 0.2) is 11.1 Å². The van der Waals surface area contributed by atoms with Crippen LogP contribution in [0.5, 0.6) is 0 Å². The fourth-order valence-electron chi connectivity index (χ4n) is 3.36. The third-order valence-electron chi connectivity index (χ3n) is 4.65. The van der Waals surface area contributed by atoms with Gasteiger partial charge in [-0.15, -0.1) is 11.8 Å². The number of rotatable bonds is 3. The zero-order chi connectivity index (χ0) is 14.7. The van der Waals surface area contributed by atoms with E-state index in [1.165, 1.54) is 30.5 Å². The molecule has 0 bridgehead atoms. The summed E-state index contributed by atoms with van der Waals surface area (Å²) < 4.78 is 0. The molecule has 1 aromatic heterocycles. The molecular formula is C17H22N2OS. The third kappa shape index (κ3) is 3.41. The molecule has 0 saturated heterocycles. The molecule has 1 saturated carbocycles. The van der Waals surface area contributed by atoms with Gasteiger partial charge in [0.2, 0.25) is 0 Å². The molecule has 0 amide bonds. The van der Waals surface area contributed by atoms with Crippen molar-refractivity contribution in [3.8, 4) is 6.07 Å². The molecule has 1 aromatic rings. The summed E-state index contributed by atoms with van der Waals surface area (Å²) >= 11 is 1.57. The summed E-state index contributed by atoms with van der Waals surface area (Å²) in [5.41, 5.74) is 2.53. The molecule has 0 radical (unpaired) electrons. The van der Waals surface area contributed by atoms with Gasteiger partial charge in [-0.25, -0.2) is 4.98 Å². The number of pyridine rings is 1. The van der Waals surface area contributed by atoms with Crippen molar-refractivity contribution >= 4 is 11.8 Å². The largest absolute Gasteiger partial charge is 0.389 e. The van der Waals surface area contributed by atoms with Crippen LogP contribution in [-0.4, -0.2) is 21.4 Å². The van der Waals surface area contributed by atoms with Gasteiger partial charge in [-0.2, -0.15) is 5.26 Å². The van der Waals surface area contributed by atoms with Gasteiger partial charge in [0.1, 0.15) is 11.1 Å². The molecule has 2 aliphatic carbocycles. The highest BCUT2D eigenvalue weighted by Gasteiger charge is 2.30. The Balaban J connectivity index is 1.76. The van der Waals surface area contributed by atoms with Crippen LogP contribution >= 0.6 is 11.8 Å². The van der Waals surface area contributed by atoms with Gasteiger partial charge in [-0.05, 0) is 50.2 Å². The minimum atomic E-state index is -0.562. The summed E-state index contributed by atoms with van der Waals surface area (Å²) in [6.45, 7) is 0. The van der Waals surface area contributed by atoms with Gasteiger partial charge in [-0.3, -0.25) is 0 Å². The van der Waals surface area contributed by atoms with Crippen molar-refractivity contribution in [2.45, 2.75) is 68.4 Å². The molecule has 4 heteroatoms. The van der Waals surface area contributed by atoms with Crippen molar-refractivity contribution in [2.24, 2.45) is 0 Å². The first-order valence-corrected chi connectivity index (χ1v) is 8.97. The van der Waals surface area contributed by atoms with Crippen LogP contribution in [0.4, 0.5) is 0 Å². The van der Waals surface area contributed by atoms with Crippen molar-refractivity contribution in [1.82, 2.24) is 4.98 Å². The lowest BCUT2D eigenvalue weighted by Crippen LogP contribution is -2.34. The summed E-state index contributed by atoms with van der Waals surface area (Å²) in [5.74, 6) is 0.660. The smallest absolute Gasteiger partial charge is 0.114 e. The molecule has 0 atom stereocenters. The standard InChI is InChI=1S/C17H22N2OS/c18-11-14-10-13-6-2-3-7-15(13)19-16(14)21-12-17(20)8-4-1-5-9-17/h10,20H,1-9,12H2. The lowest BCUT2D eigenvalue weighted by Gasteiger charge is -2.31. The van der Waals surface area contributed by atoms with E-state index in [2.05, 4.69) is 6.07 Å². The zero-order valence-electron chi connectivity index (χ0n) is 12.4.